The zero-order valence-electron chi connectivity index (χ0n) is 14.8. The van der Waals surface area contributed by atoms with Gasteiger partial charge in [-0.3, -0.25) is 4.99 Å². The minimum Gasteiger partial charge on any atom is -0.475 e. The largest absolute Gasteiger partial charge is 0.475 e. The van der Waals surface area contributed by atoms with Crippen LogP contribution < -0.4 is 15.4 Å². The lowest BCUT2D eigenvalue weighted by Crippen LogP contribution is -2.39. The quantitative estimate of drug-likeness (QED) is 0.393. The van der Waals surface area contributed by atoms with Gasteiger partial charge in [0.1, 0.15) is 6.61 Å². The summed E-state index contributed by atoms with van der Waals surface area (Å²) in [5.74, 6) is 2.09. The molecule has 1 rings (SSSR count). The molecule has 1 aromatic heterocycles. The standard InChI is InChI=1S/C17H30N4O2/c1-5-14(6-2)12-20-17(18-3)21-13-15-8-7-9-19-16(15)23-11-10-22-4/h7-9,14H,5-6,10-13H2,1-4H3,(H2,18,20,21). The molecule has 0 aliphatic carbocycles. The maximum Gasteiger partial charge on any atom is 0.218 e. The molecule has 0 aliphatic rings. The number of nitrogens with one attached hydrogen (secondary N) is 2. The summed E-state index contributed by atoms with van der Waals surface area (Å²) in [5.41, 5.74) is 0.995. The number of ether oxygens (including phenoxy) is 2. The molecule has 0 spiro atoms. The zero-order valence-corrected chi connectivity index (χ0v) is 14.8. The third-order valence-corrected chi connectivity index (χ3v) is 3.76. The SMILES string of the molecule is CCC(CC)CNC(=NC)NCc1cccnc1OCCOC. The molecular formula is C17H30N4O2. The van der Waals surface area contributed by atoms with Crippen molar-refractivity contribution in [2.75, 3.05) is 33.9 Å². The van der Waals surface area contributed by atoms with Gasteiger partial charge in [0.05, 0.1) is 6.61 Å². The van der Waals surface area contributed by atoms with E-state index in [9.17, 15) is 0 Å². The van der Waals surface area contributed by atoms with Crippen molar-refractivity contribution in [2.45, 2.75) is 33.2 Å². The Kier molecular flexibility index (Phi) is 9.79. The number of rotatable bonds is 10. The van der Waals surface area contributed by atoms with E-state index in [1.807, 2.05) is 12.1 Å². The summed E-state index contributed by atoms with van der Waals surface area (Å²) >= 11 is 0. The molecule has 0 fully saturated rings. The molecule has 1 aromatic rings. The number of nitrogens with zero attached hydrogens (tertiary/aromatic N) is 2. The molecule has 0 aliphatic heterocycles. The molecule has 0 bridgehead atoms. The van der Waals surface area contributed by atoms with Gasteiger partial charge in [0.15, 0.2) is 5.96 Å². The van der Waals surface area contributed by atoms with Gasteiger partial charge in [0, 0.05) is 39.0 Å². The van der Waals surface area contributed by atoms with Crippen molar-refractivity contribution in [3.8, 4) is 5.88 Å². The normalized spacial score (nSPS) is 11.6. The predicted octanol–water partition coefficient (Wildman–Crippen LogP) is 2.21. The van der Waals surface area contributed by atoms with Crippen LogP contribution in [0, 0.1) is 5.92 Å². The van der Waals surface area contributed by atoms with Crippen LogP contribution in [0.3, 0.4) is 0 Å². The highest BCUT2D eigenvalue weighted by atomic mass is 16.5. The fraction of sp³-hybridized carbons (Fsp3) is 0.647. The van der Waals surface area contributed by atoms with Crippen LogP contribution in [0.2, 0.25) is 0 Å². The van der Waals surface area contributed by atoms with E-state index < -0.39 is 0 Å². The average molecular weight is 322 g/mol. The highest BCUT2D eigenvalue weighted by Crippen LogP contribution is 2.13. The van der Waals surface area contributed by atoms with Crippen molar-refractivity contribution < 1.29 is 9.47 Å². The molecule has 0 amide bonds. The Morgan fingerprint density at radius 2 is 2.04 bits per heavy atom. The van der Waals surface area contributed by atoms with Crippen molar-refractivity contribution >= 4 is 5.96 Å². The summed E-state index contributed by atoms with van der Waals surface area (Å²) in [7, 11) is 3.43. The molecule has 1 heterocycles. The van der Waals surface area contributed by atoms with Crippen LogP contribution in [0.15, 0.2) is 23.3 Å². The molecule has 0 unspecified atom stereocenters. The van der Waals surface area contributed by atoms with Crippen molar-refractivity contribution in [3.63, 3.8) is 0 Å². The fourth-order valence-corrected chi connectivity index (χ4v) is 2.13. The molecular weight excluding hydrogens is 292 g/mol. The summed E-state index contributed by atoms with van der Waals surface area (Å²) in [6.45, 7) is 7.00. The summed E-state index contributed by atoms with van der Waals surface area (Å²) in [5, 5.41) is 6.68. The highest BCUT2D eigenvalue weighted by Gasteiger charge is 2.07. The van der Waals surface area contributed by atoms with E-state index in [-0.39, 0.29) is 0 Å². The Morgan fingerprint density at radius 3 is 2.70 bits per heavy atom. The third-order valence-electron chi connectivity index (χ3n) is 3.76. The Labute approximate surface area is 139 Å². The third kappa shape index (κ3) is 7.32. The molecule has 0 saturated carbocycles. The summed E-state index contributed by atoms with van der Waals surface area (Å²) in [4.78, 5) is 8.54. The second-order valence-corrected chi connectivity index (χ2v) is 5.30. The van der Waals surface area contributed by atoms with Gasteiger partial charge in [-0.25, -0.2) is 4.98 Å². The van der Waals surface area contributed by atoms with Gasteiger partial charge in [-0.15, -0.1) is 0 Å². The highest BCUT2D eigenvalue weighted by molar-refractivity contribution is 5.79. The van der Waals surface area contributed by atoms with Crippen LogP contribution in [-0.4, -0.2) is 44.9 Å². The predicted molar refractivity (Wildman–Crippen MR) is 93.9 cm³/mol. The van der Waals surface area contributed by atoms with Crippen molar-refractivity contribution in [2.24, 2.45) is 10.9 Å². The van der Waals surface area contributed by atoms with E-state index in [0.29, 0.717) is 31.6 Å². The molecule has 6 heteroatoms. The molecule has 23 heavy (non-hydrogen) atoms. The second-order valence-electron chi connectivity index (χ2n) is 5.30. The Hall–Kier alpha value is -1.82. The van der Waals surface area contributed by atoms with Crippen LogP contribution in [0.25, 0.3) is 0 Å². The minimum absolute atomic E-state index is 0.488. The van der Waals surface area contributed by atoms with Gasteiger partial charge in [-0.1, -0.05) is 32.8 Å². The average Bonchev–Trinajstić information content (AvgIpc) is 2.59. The number of pyridine rings is 1. The van der Waals surface area contributed by atoms with Gasteiger partial charge < -0.3 is 20.1 Å². The van der Waals surface area contributed by atoms with Crippen LogP contribution in [-0.2, 0) is 11.3 Å². The monoisotopic (exact) mass is 322 g/mol. The molecule has 0 saturated heterocycles. The summed E-state index contributed by atoms with van der Waals surface area (Å²) < 4.78 is 10.6. The van der Waals surface area contributed by atoms with Crippen molar-refractivity contribution in [3.05, 3.63) is 23.9 Å². The van der Waals surface area contributed by atoms with Crippen LogP contribution in [0.5, 0.6) is 5.88 Å². The Morgan fingerprint density at radius 1 is 1.26 bits per heavy atom. The molecule has 6 nitrogen and oxygen atoms in total. The van der Waals surface area contributed by atoms with Gasteiger partial charge >= 0.3 is 0 Å². The Balaban J connectivity index is 2.52. The first-order valence-electron chi connectivity index (χ1n) is 8.25. The smallest absolute Gasteiger partial charge is 0.218 e. The lowest BCUT2D eigenvalue weighted by molar-refractivity contribution is 0.143. The number of hydrogen-bond donors (Lipinski definition) is 2. The number of aliphatic imine (C=N–C) groups is 1. The van der Waals surface area contributed by atoms with Crippen LogP contribution in [0.4, 0.5) is 0 Å². The molecule has 0 radical (unpaired) electrons. The first-order chi connectivity index (χ1) is 11.2. The molecule has 2 N–H and O–H groups in total. The van der Waals surface area contributed by atoms with Crippen molar-refractivity contribution in [1.82, 2.24) is 15.6 Å². The number of methoxy groups -OCH3 is 1. The number of aromatic nitrogens is 1. The molecule has 0 aromatic carbocycles. The van der Waals surface area contributed by atoms with E-state index in [1.165, 1.54) is 12.8 Å². The Bertz CT molecular complexity index is 462. The zero-order chi connectivity index (χ0) is 16.9. The number of hydrogen-bond acceptors (Lipinski definition) is 4. The fourth-order valence-electron chi connectivity index (χ4n) is 2.13. The van der Waals surface area contributed by atoms with E-state index in [0.717, 1.165) is 18.1 Å². The molecule has 130 valence electrons. The summed E-state index contributed by atoms with van der Waals surface area (Å²) in [6.07, 6.45) is 4.06. The van der Waals surface area contributed by atoms with E-state index in [2.05, 4.69) is 34.5 Å². The van der Waals surface area contributed by atoms with Crippen LogP contribution >= 0.6 is 0 Å². The topological polar surface area (TPSA) is 67.8 Å². The van der Waals surface area contributed by atoms with Gasteiger partial charge in [-0.05, 0) is 12.0 Å². The lowest BCUT2D eigenvalue weighted by Gasteiger charge is -2.17. The maximum atomic E-state index is 5.64. The van der Waals surface area contributed by atoms with Crippen molar-refractivity contribution in [1.29, 1.82) is 0 Å². The van der Waals surface area contributed by atoms with Gasteiger partial charge in [-0.2, -0.15) is 0 Å². The van der Waals surface area contributed by atoms with Gasteiger partial charge in [0.2, 0.25) is 5.88 Å². The summed E-state index contributed by atoms with van der Waals surface area (Å²) in [6, 6.07) is 3.90. The van der Waals surface area contributed by atoms with Crippen LogP contribution in [0.1, 0.15) is 32.3 Å². The van der Waals surface area contributed by atoms with E-state index in [1.54, 1.807) is 20.4 Å². The first-order valence-corrected chi connectivity index (χ1v) is 8.25. The molecule has 0 atom stereocenters. The lowest BCUT2D eigenvalue weighted by atomic mass is 10.0. The van der Waals surface area contributed by atoms with E-state index in [4.69, 9.17) is 9.47 Å². The first kappa shape index (κ1) is 19.2. The van der Waals surface area contributed by atoms with E-state index >= 15 is 0 Å². The van der Waals surface area contributed by atoms with Gasteiger partial charge in [0.25, 0.3) is 0 Å². The second kappa shape index (κ2) is 11.7. The number of guanidine groups is 1. The minimum atomic E-state index is 0.488. The maximum absolute atomic E-state index is 5.64.